The van der Waals surface area contributed by atoms with Gasteiger partial charge in [-0.2, -0.15) is 0 Å². The molecule has 0 aromatic heterocycles. The minimum absolute atomic E-state index is 0.00144. The standard InChI is InChI=1S/C7H10F2O2/c1-4-5(2-7(8)9)6(10)3-11-4/h4-5,7H,2-3H2,1H3. The number of rotatable bonds is 2. The van der Waals surface area contributed by atoms with Gasteiger partial charge in [0.15, 0.2) is 5.78 Å². The first-order valence-electron chi connectivity index (χ1n) is 3.53. The van der Waals surface area contributed by atoms with Gasteiger partial charge in [0.2, 0.25) is 6.43 Å². The van der Waals surface area contributed by atoms with Crippen molar-refractivity contribution in [3.05, 3.63) is 0 Å². The zero-order valence-corrected chi connectivity index (χ0v) is 6.22. The maximum absolute atomic E-state index is 11.8. The molecule has 0 N–H and O–H groups in total. The number of carbonyl (C=O) groups excluding carboxylic acids is 1. The van der Waals surface area contributed by atoms with Gasteiger partial charge < -0.3 is 4.74 Å². The van der Waals surface area contributed by atoms with E-state index in [0.29, 0.717) is 0 Å². The molecule has 0 spiro atoms. The molecule has 64 valence electrons. The van der Waals surface area contributed by atoms with Crippen LogP contribution in [-0.4, -0.2) is 24.9 Å². The summed E-state index contributed by atoms with van der Waals surface area (Å²) >= 11 is 0. The molecule has 0 aromatic rings. The van der Waals surface area contributed by atoms with E-state index in [4.69, 9.17) is 4.74 Å². The molecule has 0 saturated carbocycles. The fourth-order valence-electron chi connectivity index (χ4n) is 1.21. The maximum atomic E-state index is 11.8. The van der Waals surface area contributed by atoms with E-state index in [2.05, 4.69) is 0 Å². The van der Waals surface area contributed by atoms with Gasteiger partial charge in [0.1, 0.15) is 6.61 Å². The monoisotopic (exact) mass is 164 g/mol. The molecule has 0 radical (unpaired) electrons. The van der Waals surface area contributed by atoms with Crippen molar-refractivity contribution < 1.29 is 18.3 Å². The Bertz CT molecular complexity index is 159. The Morgan fingerprint density at radius 3 is 2.73 bits per heavy atom. The minimum atomic E-state index is -2.41. The van der Waals surface area contributed by atoms with Gasteiger partial charge in [-0.3, -0.25) is 4.79 Å². The summed E-state index contributed by atoms with van der Waals surface area (Å²) in [5.41, 5.74) is 0. The molecule has 2 unspecified atom stereocenters. The van der Waals surface area contributed by atoms with Crippen LogP contribution in [0.2, 0.25) is 0 Å². The van der Waals surface area contributed by atoms with E-state index in [0.717, 1.165) is 0 Å². The van der Waals surface area contributed by atoms with Crippen molar-refractivity contribution in [2.24, 2.45) is 5.92 Å². The Morgan fingerprint density at radius 2 is 2.36 bits per heavy atom. The highest BCUT2D eigenvalue weighted by molar-refractivity contribution is 5.84. The molecule has 2 atom stereocenters. The summed E-state index contributed by atoms with van der Waals surface area (Å²) in [4.78, 5) is 10.9. The quantitative estimate of drug-likeness (QED) is 0.613. The Kier molecular flexibility index (Phi) is 2.54. The smallest absolute Gasteiger partial charge is 0.239 e. The molecule has 4 heteroatoms. The van der Waals surface area contributed by atoms with Crippen molar-refractivity contribution in [2.45, 2.75) is 25.9 Å². The van der Waals surface area contributed by atoms with E-state index < -0.39 is 12.3 Å². The second-order valence-corrected chi connectivity index (χ2v) is 2.72. The lowest BCUT2D eigenvalue weighted by molar-refractivity contribution is -0.121. The van der Waals surface area contributed by atoms with Crippen molar-refractivity contribution in [1.82, 2.24) is 0 Å². The Balaban J connectivity index is 2.48. The van der Waals surface area contributed by atoms with Crippen molar-refractivity contribution in [3.8, 4) is 0 Å². The summed E-state index contributed by atoms with van der Waals surface area (Å²) in [6.07, 6.45) is -3.11. The second kappa shape index (κ2) is 3.26. The van der Waals surface area contributed by atoms with Gasteiger partial charge in [-0.1, -0.05) is 0 Å². The van der Waals surface area contributed by atoms with Gasteiger partial charge in [-0.15, -0.1) is 0 Å². The van der Waals surface area contributed by atoms with Gasteiger partial charge in [0, 0.05) is 6.42 Å². The molecule has 0 aliphatic carbocycles. The lowest BCUT2D eigenvalue weighted by Crippen LogP contribution is -2.20. The number of ketones is 1. The van der Waals surface area contributed by atoms with Crippen LogP contribution in [0.25, 0.3) is 0 Å². The molecule has 2 nitrogen and oxygen atoms in total. The molecule has 1 fully saturated rings. The highest BCUT2D eigenvalue weighted by atomic mass is 19.3. The molecule has 0 bridgehead atoms. The molecule has 0 amide bonds. The molecule has 0 aromatic carbocycles. The van der Waals surface area contributed by atoms with Gasteiger partial charge in [0.05, 0.1) is 12.0 Å². The normalized spacial score (nSPS) is 31.8. The predicted octanol–water partition coefficient (Wildman–Crippen LogP) is 1.25. The first-order chi connectivity index (χ1) is 5.11. The second-order valence-electron chi connectivity index (χ2n) is 2.72. The van der Waals surface area contributed by atoms with Crippen LogP contribution < -0.4 is 0 Å². The summed E-state index contributed by atoms with van der Waals surface area (Å²) in [6.45, 7) is 1.65. The molecule has 1 heterocycles. The van der Waals surface area contributed by atoms with E-state index in [1.54, 1.807) is 6.92 Å². The predicted molar refractivity (Wildman–Crippen MR) is 34.5 cm³/mol. The summed E-state index contributed by atoms with van der Waals surface area (Å²) in [5.74, 6) is -0.784. The highest BCUT2D eigenvalue weighted by Gasteiger charge is 2.34. The number of Topliss-reactive ketones (excluding diaryl/α,β-unsaturated/α-hetero) is 1. The largest absolute Gasteiger partial charge is 0.370 e. The summed E-state index contributed by atoms with van der Waals surface area (Å²) < 4.78 is 28.5. The van der Waals surface area contributed by atoms with Crippen molar-refractivity contribution in [1.29, 1.82) is 0 Å². The average molecular weight is 164 g/mol. The van der Waals surface area contributed by atoms with Crippen LogP contribution in [0.1, 0.15) is 13.3 Å². The number of hydrogen-bond acceptors (Lipinski definition) is 2. The van der Waals surface area contributed by atoms with Gasteiger partial charge in [-0.25, -0.2) is 8.78 Å². The molecule has 1 rings (SSSR count). The molecular weight excluding hydrogens is 154 g/mol. The topological polar surface area (TPSA) is 26.3 Å². The SMILES string of the molecule is CC1OCC(=O)C1CC(F)F. The number of halogens is 2. The third-order valence-electron chi connectivity index (χ3n) is 1.90. The van der Waals surface area contributed by atoms with Gasteiger partial charge in [-0.05, 0) is 6.92 Å². The van der Waals surface area contributed by atoms with Crippen LogP contribution in [0.15, 0.2) is 0 Å². The van der Waals surface area contributed by atoms with E-state index in [1.807, 2.05) is 0 Å². The molecular formula is C7H10F2O2. The van der Waals surface area contributed by atoms with E-state index in [1.165, 1.54) is 0 Å². The summed E-state index contributed by atoms with van der Waals surface area (Å²) in [6, 6.07) is 0. The van der Waals surface area contributed by atoms with E-state index in [-0.39, 0.29) is 24.9 Å². The van der Waals surface area contributed by atoms with Gasteiger partial charge >= 0.3 is 0 Å². The highest BCUT2D eigenvalue weighted by Crippen LogP contribution is 2.23. The maximum Gasteiger partial charge on any atom is 0.239 e. The number of alkyl halides is 2. The molecule has 11 heavy (non-hydrogen) atoms. The van der Waals surface area contributed by atoms with E-state index in [9.17, 15) is 13.6 Å². The zero-order valence-electron chi connectivity index (χ0n) is 6.22. The first kappa shape index (κ1) is 8.59. The fraction of sp³-hybridized carbons (Fsp3) is 0.857. The summed E-state index contributed by atoms with van der Waals surface area (Å²) in [5, 5.41) is 0. The van der Waals surface area contributed by atoms with Gasteiger partial charge in [0.25, 0.3) is 0 Å². The van der Waals surface area contributed by atoms with Crippen LogP contribution in [0.5, 0.6) is 0 Å². The van der Waals surface area contributed by atoms with Crippen LogP contribution in [0.4, 0.5) is 8.78 Å². The Morgan fingerprint density at radius 1 is 1.73 bits per heavy atom. The van der Waals surface area contributed by atoms with Crippen LogP contribution in [-0.2, 0) is 9.53 Å². The van der Waals surface area contributed by atoms with Crippen molar-refractivity contribution >= 4 is 5.78 Å². The number of hydrogen-bond donors (Lipinski definition) is 0. The van der Waals surface area contributed by atoms with Crippen LogP contribution >= 0.6 is 0 Å². The average Bonchev–Trinajstić information content (AvgIpc) is 2.18. The molecule has 1 aliphatic heterocycles. The van der Waals surface area contributed by atoms with Crippen molar-refractivity contribution in [3.63, 3.8) is 0 Å². The lowest BCUT2D eigenvalue weighted by Gasteiger charge is -2.10. The summed E-state index contributed by atoms with van der Waals surface area (Å²) in [7, 11) is 0. The van der Waals surface area contributed by atoms with E-state index >= 15 is 0 Å². The van der Waals surface area contributed by atoms with Crippen molar-refractivity contribution in [2.75, 3.05) is 6.61 Å². The molecule has 1 aliphatic rings. The fourth-order valence-corrected chi connectivity index (χ4v) is 1.21. The zero-order chi connectivity index (χ0) is 8.43. The Labute approximate surface area is 63.5 Å². The third kappa shape index (κ3) is 1.96. The minimum Gasteiger partial charge on any atom is -0.370 e. The third-order valence-corrected chi connectivity index (χ3v) is 1.90. The van der Waals surface area contributed by atoms with Crippen LogP contribution in [0.3, 0.4) is 0 Å². The first-order valence-corrected chi connectivity index (χ1v) is 3.53. The number of carbonyl (C=O) groups is 1. The lowest BCUT2D eigenvalue weighted by atomic mass is 9.98. The molecule has 1 saturated heterocycles. The number of ether oxygens (including phenoxy) is 1. The van der Waals surface area contributed by atoms with Crippen LogP contribution in [0, 0.1) is 5.92 Å². The Hall–Kier alpha value is -0.510.